The molecular weight excluding hydrogens is 471 g/mol. The highest BCUT2D eigenvalue weighted by atomic mass is 35.5. The number of nitrogens with zero attached hydrogens (tertiary/aromatic N) is 4. The number of hydrogen-bond acceptors (Lipinski definition) is 5. The van der Waals surface area contributed by atoms with Crippen LogP contribution < -0.4 is 9.47 Å². The van der Waals surface area contributed by atoms with Gasteiger partial charge in [0.2, 0.25) is 5.91 Å². The van der Waals surface area contributed by atoms with Gasteiger partial charge in [0.05, 0.1) is 19.3 Å². The number of benzene rings is 2. The molecule has 9 heteroatoms. The van der Waals surface area contributed by atoms with E-state index in [9.17, 15) is 9.18 Å². The molecular formula is C26H22ClFN4O3. The molecule has 35 heavy (non-hydrogen) atoms. The van der Waals surface area contributed by atoms with Gasteiger partial charge >= 0.3 is 0 Å². The summed E-state index contributed by atoms with van der Waals surface area (Å²) in [6.07, 6.45) is 4.76. The predicted octanol–water partition coefficient (Wildman–Crippen LogP) is 5.65. The van der Waals surface area contributed by atoms with Gasteiger partial charge in [-0.05, 0) is 48.9 Å². The summed E-state index contributed by atoms with van der Waals surface area (Å²) in [4.78, 5) is 17.8. The number of methoxy groups -OCH3 is 1. The molecule has 1 aliphatic heterocycles. The van der Waals surface area contributed by atoms with Crippen molar-refractivity contribution in [2.24, 2.45) is 0 Å². The van der Waals surface area contributed by atoms with E-state index in [2.05, 4.69) is 11.6 Å². The summed E-state index contributed by atoms with van der Waals surface area (Å²) in [5, 5.41) is 5.75. The van der Waals surface area contributed by atoms with Crippen LogP contribution in [0.5, 0.6) is 17.2 Å². The molecule has 5 rings (SSSR count). The van der Waals surface area contributed by atoms with Gasteiger partial charge in [-0.15, -0.1) is 0 Å². The molecule has 3 heterocycles. The smallest absolute Gasteiger partial charge is 0.246 e. The molecule has 1 fully saturated rings. The van der Waals surface area contributed by atoms with Gasteiger partial charge in [-0.1, -0.05) is 24.2 Å². The Morgan fingerprint density at radius 2 is 1.97 bits per heavy atom. The molecule has 0 N–H and O–H groups in total. The number of ether oxygens (including phenoxy) is 2. The van der Waals surface area contributed by atoms with Crippen LogP contribution in [0, 0.1) is 5.82 Å². The van der Waals surface area contributed by atoms with E-state index in [0.717, 1.165) is 5.56 Å². The van der Waals surface area contributed by atoms with Crippen LogP contribution in [0.4, 0.5) is 4.39 Å². The molecule has 1 amide bonds. The lowest BCUT2D eigenvalue weighted by Crippen LogP contribution is -2.27. The molecule has 4 aromatic rings. The van der Waals surface area contributed by atoms with Gasteiger partial charge < -0.3 is 14.4 Å². The highest BCUT2D eigenvalue weighted by Crippen LogP contribution is 2.38. The first-order chi connectivity index (χ1) is 17.0. The van der Waals surface area contributed by atoms with Crippen LogP contribution in [-0.2, 0) is 4.79 Å². The number of hydrogen-bond donors (Lipinski definition) is 0. The molecule has 0 radical (unpaired) electrons. The van der Waals surface area contributed by atoms with Crippen molar-refractivity contribution in [1.29, 1.82) is 0 Å². The minimum absolute atomic E-state index is 0.141. The maximum Gasteiger partial charge on any atom is 0.246 e. The number of amides is 1. The van der Waals surface area contributed by atoms with Crippen LogP contribution in [0.15, 0.2) is 67.5 Å². The molecule has 0 saturated carbocycles. The average molecular weight is 493 g/mol. The lowest BCUT2D eigenvalue weighted by Gasteiger charge is -2.15. The molecule has 1 atom stereocenters. The topological polar surface area (TPSA) is 69.5 Å². The molecule has 7 nitrogen and oxygen atoms in total. The van der Waals surface area contributed by atoms with E-state index < -0.39 is 5.82 Å². The summed E-state index contributed by atoms with van der Waals surface area (Å²) in [7, 11) is 1.54. The van der Waals surface area contributed by atoms with Crippen molar-refractivity contribution in [3.05, 3.63) is 78.4 Å². The van der Waals surface area contributed by atoms with Crippen LogP contribution in [0.25, 0.3) is 22.2 Å². The summed E-state index contributed by atoms with van der Waals surface area (Å²) >= 11 is 6.33. The van der Waals surface area contributed by atoms with Gasteiger partial charge in [-0.3, -0.25) is 14.5 Å². The lowest BCUT2D eigenvalue weighted by molar-refractivity contribution is -0.125. The Hall–Kier alpha value is -3.91. The fourth-order valence-electron chi connectivity index (χ4n) is 4.33. The summed E-state index contributed by atoms with van der Waals surface area (Å²) in [5.74, 6) is 0.971. The third-order valence-corrected chi connectivity index (χ3v) is 6.44. The van der Waals surface area contributed by atoms with E-state index in [-0.39, 0.29) is 11.9 Å². The molecule has 0 aliphatic carbocycles. The molecule has 0 spiro atoms. The van der Waals surface area contributed by atoms with Crippen molar-refractivity contribution in [2.45, 2.75) is 12.5 Å². The van der Waals surface area contributed by atoms with Crippen LogP contribution in [0.2, 0.25) is 5.02 Å². The summed E-state index contributed by atoms with van der Waals surface area (Å²) < 4.78 is 27.7. The van der Waals surface area contributed by atoms with Gasteiger partial charge in [-0.25, -0.2) is 4.39 Å². The Labute approximate surface area is 206 Å². The number of aromatic nitrogens is 3. The number of rotatable bonds is 6. The van der Waals surface area contributed by atoms with Crippen LogP contribution in [0.1, 0.15) is 12.5 Å². The fourth-order valence-corrected chi connectivity index (χ4v) is 4.57. The lowest BCUT2D eigenvalue weighted by atomic mass is 10.1. The number of carbonyl (C=O) groups is 1. The van der Waals surface area contributed by atoms with E-state index in [1.54, 1.807) is 53.2 Å². The van der Waals surface area contributed by atoms with Gasteiger partial charge in [0.15, 0.2) is 5.82 Å². The Balaban J connectivity index is 1.47. The third kappa shape index (κ3) is 4.21. The SMILES string of the molecule is C=CC(=O)N1CCC(n2nc(-c3ccc(Oc4cccc(OC)c4Cl)cc3)c3cncc(F)c32)C1. The largest absolute Gasteiger partial charge is 0.495 e. The maximum absolute atomic E-state index is 14.9. The molecule has 0 bridgehead atoms. The zero-order chi connectivity index (χ0) is 24.5. The monoisotopic (exact) mass is 492 g/mol. The fraction of sp³-hybridized carbons (Fsp3) is 0.192. The van der Waals surface area contributed by atoms with E-state index in [0.29, 0.717) is 58.4 Å². The molecule has 1 unspecified atom stereocenters. The highest BCUT2D eigenvalue weighted by molar-refractivity contribution is 6.33. The third-order valence-electron chi connectivity index (χ3n) is 6.06. The highest BCUT2D eigenvalue weighted by Gasteiger charge is 2.30. The van der Waals surface area contributed by atoms with Crippen molar-refractivity contribution in [3.63, 3.8) is 0 Å². The van der Waals surface area contributed by atoms with Gasteiger partial charge in [0.25, 0.3) is 0 Å². The summed E-state index contributed by atoms with van der Waals surface area (Å²) in [6, 6.07) is 12.4. The Morgan fingerprint density at radius 1 is 1.20 bits per heavy atom. The van der Waals surface area contributed by atoms with E-state index in [4.69, 9.17) is 26.2 Å². The van der Waals surface area contributed by atoms with Crippen molar-refractivity contribution in [3.8, 4) is 28.5 Å². The first-order valence-corrected chi connectivity index (χ1v) is 11.4. The second-order valence-electron chi connectivity index (χ2n) is 8.14. The molecule has 2 aromatic heterocycles. The number of carbonyl (C=O) groups excluding carboxylic acids is 1. The first-order valence-electron chi connectivity index (χ1n) is 11.0. The number of pyridine rings is 1. The summed E-state index contributed by atoms with van der Waals surface area (Å²) in [6.45, 7) is 4.56. The minimum Gasteiger partial charge on any atom is -0.495 e. The zero-order valence-electron chi connectivity index (χ0n) is 18.9. The van der Waals surface area contributed by atoms with Crippen molar-refractivity contribution in [1.82, 2.24) is 19.7 Å². The van der Waals surface area contributed by atoms with Crippen molar-refractivity contribution in [2.75, 3.05) is 20.2 Å². The normalized spacial score (nSPS) is 15.4. The van der Waals surface area contributed by atoms with Crippen molar-refractivity contribution >= 4 is 28.4 Å². The molecule has 2 aromatic carbocycles. The van der Waals surface area contributed by atoms with E-state index in [1.807, 2.05) is 12.1 Å². The van der Waals surface area contributed by atoms with Gasteiger partial charge in [0, 0.05) is 30.2 Å². The van der Waals surface area contributed by atoms with Crippen LogP contribution in [-0.4, -0.2) is 45.8 Å². The maximum atomic E-state index is 14.9. The van der Waals surface area contributed by atoms with Crippen molar-refractivity contribution < 1.29 is 18.7 Å². The zero-order valence-corrected chi connectivity index (χ0v) is 19.7. The molecule has 1 saturated heterocycles. The Bertz CT molecular complexity index is 1420. The number of likely N-dealkylation sites (tertiary alicyclic amines) is 1. The Morgan fingerprint density at radius 3 is 2.71 bits per heavy atom. The molecule has 1 aliphatic rings. The van der Waals surface area contributed by atoms with Crippen LogP contribution >= 0.6 is 11.6 Å². The number of halogens is 2. The van der Waals surface area contributed by atoms with Gasteiger partial charge in [-0.2, -0.15) is 5.10 Å². The second-order valence-corrected chi connectivity index (χ2v) is 8.52. The van der Waals surface area contributed by atoms with Crippen LogP contribution in [0.3, 0.4) is 0 Å². The second kappa shape index (κ2) is 9.38. The predicted molar refractivity (Wildman–Crippen MR) is 131 cm³/mol. The molecule has 178 valence electrons. The standard InChI is InChI=1S/C26H22ClFN4O3/c1-3-23(33)31-12-11-17(15-31)32-26-19(13-29-14-20(26)28)25(30-32)16-7-9-18(10-8-16)35-22-6-4-5-21(34-2)24(22)27/h3-10,13-14,17H,1,11-12,15H2,2H3. The van der Waals surface area contributed by atoms with E-state index in [1.165, 1.54) is 12.3 Å². The Kier molecular flexibility index (Phi) is 6.13. The average Bonchev–Trinajstić information content (AvgIpc) is 3.51. The summed E-state index contributed by atoms with van der Waals surface area (Å²) in [5.41, 5.74) is 1.75. The number of fused-ring (bicyclic) bond motifs is 1. The minimum atomic E-state index is -0.456. The quantitative estimate of drug-likeness (QED) is 0.325. The first kappa shape index (κ1) is 22.9. The van der Waals surface area contributed by atoms with E-state index >= 15 is 0 Å². The van der Waals surface area contributed by atoms with Gasteiger partial charge in [0.1, 0.15) is 33.5 Å².